The van der Waals surface area contributed by atoms with Gasteiger partial charge in [-0.15, -0.1) is 0 Å². The summed E-state index contributed by atoms with van der Waals surface area (Å²) in [6.45, 7) is 6.40. The van der Waals surface area contributed by atoms with Crippen molar-refractivity contribution >= 4 is 17.9 Å². The Kier molecular flexibility index (Phi) is 44.5. The maximum atomic E-state index is 12.7. The second kappa shape index (κ2) is 47.3. The highest BCUT2D eigenvalue weighted by molar-refractivity contribution is 5.71. The highest BCUT2D eigenvalue weighted by Crippen LogP contribution is 2.13. The number of unbranched alkanes of at least 4 members (excludes halogenated alkanes) is 17. The van der Waals surface area contributed by atoms with Gasteiger partial charge < -0.3 is 14.2 Å². The van der Waals surface area contributed by atoms with Crippen molar-refractivity contribution in [3.63, 3.8) is 0 Å². The number of hydrogen-bond acceptors (Lipinski definition) is 6. The Labute approximate surface area is 363 Å². The number of hydrogen-bond donors (Lipinski definition) is 0. The minimum atomic E-state index is -0.803. The van der Waals surface area contributed by atoms with Gasteiger partial charge in [0.25, 0.3) is 0 Å². The SMILES string of the molecule is CC/C=C\C/C=C\C/C=C\C/C=C\C/C=C\CCCC(=O)OCC(COC(=O)CCCCCCCCCCC)OC(=O)CCCCCCC/C=C\C/C=C\CCCCC. The van der Waals surface area contributed by atoms with E-state index in [0.717, 1.165) is 103 Å². The van der Waals surface area contributed by atoms with E-state index in [-0.39, 0.29) is 37.5 Å². The summed E-state index contributed by atoms with van der Waals surface area (Å²) >= 11 is 0. The standard InChI is InChI=1S/C53H88O6/c1-4-7-10-13-16-19-21-23-25-26-28-29-31-34-37-40-43-46-52(55)58-49-50(48-57-51(54)45-42-39-36-33-18-15-12-9-6-3)59-53(56)47-44-41-38-35-32-30-27-24-22-20-17-14-11-8-5-2/h7,10,16-17,19-20,23-25,27-29,34,37,50H,4-6,8-9,11-15,18,21-22,26,30-33,35-36,38-49H2,1-3H3/b10-7-,19-16-,20-17-,25-23-,27-24-,29-28-,37-34-. The number of carbonyl (C=O) groups is 3. The molecule has 0 aliphatic rings. The highest BCUT2D eigenvalue weighted by Gasteiger charge is 2.19. The van der Waals surface area contributed by atoms with Gasteiger partial charge >= 0.3 is 17.9 Å². The quantitative estimate of drug-likeness (QED) is 0.0264. The van der Waals surface area contributed by atoms with E-state index < -0.39 is 6.10 Å². The Bertz CT molecular complexity index is 1170. The summed E-state index contributed by atoms with van der Waals surface area (Å²) in [6, 6.07) is 0. The summed E-state index contributed by atoms with van der Waals surface area (Å²) in [5.41, 5.74) is 0. The number of carbonyl (C=O) groups excluding carboxylic acids is 3. The van der Waals surface area contributed by atoms with Gasteiger partial charge in [0.05, 0.1) is 0 Å². The largest absolute Gasteiger partial charge is 0.462 e. The molecule has 0 aromatic rings. The van der Waals surface area contributed by atoms with Gasteiger partial charge in [-0.1, -0.05) is 189 Å². The molecule has 0 radical (unpaired) electrons. The average molecular weight is 821 g/mol. The van der Waals surface area contributed by atoms with Crippen LogP contribution in [0.15, 0.2) is 85.1 Å². The van der Waals surface area contributed by atoms with E-state index in [4.69, 9.17) is 14.2 Å². The number of allylic oxidation sites excluding steroid dienone is 14. The summed E-state index contributed by atoms with van der Waals surface area (Å²) < 4.78 is 16.7. The smallest absolute Gasteiger partial charge is 0.306 e. The van der Waals surface area contributed by atoms with Crippen LogP contribution in [0.4, 0.5) is 0 Å². The minimum Gasteiger partial charge on any atom is -0.462 e. The summed E-state index contributed by atoms with van der Waals surface area (Å²) in [4.78, 5) is 37.8. The van der Waals surface area contributed by atoms with E-state index in [1.54, 1.807) is 0 Å². The number of esters is 3. The number of rotatable bonds is 42. The van der Waals surface area contributed by atoms with E-state index >= 15 is 0 Å². The van der Waals surface area contributed by atoms with Crippen molar-refractivity contribution in [2.45, 2.75) is 219 Å². The Balaban J connectivity index is 4.48. The molecule has 0 fully saturated rings. The Morgan fingerprint density at radius 1 is 0.356 bits per heavy atom. The second-order valence-electron chi connectivity index (χ2n) is 15.6. The molecule has 0 heterocycles. The van der Waals surface area contributed by atoms with Crippen molar-refractivity contribution in [2.24, 2.45) is 0 Å². The Morgan fingerprint density at radius 2 is 0.678 bits per heavy atom. The van der Waals surface area contributed by atoms with Crippen molar-refractivity contribution in [1.82, 2.24) is 0 Å². The summed E-state index contributed by atoms with van der Waals surface area (Å²) in [6.07, 6.45) is 60.0. The fourth-order valence-electron chi connectivity index (χ4n) is 6.27. The van der Waals surface area contributed by atoms with E-state index in [1.165, 1.54) is 64.2 Å². The van der Waals surface area contributed by atoms with Crippen molar-refractivity contribution in [3.8, 4) is 0 Å². The van der Waals surface area contributed by atoms with Gasteiger partial charge in [0.2, 0.25) is 0 Å². The molecule has 1 atom stereocenters. The molecule has 0 spiro atoms. The number of ether oxygens (including phenoxy) is 3. The fourth-order valence-corrected chi connectivity index (χ4v) is 6.27. The predicted octanol–water partition coefficient (Wildman–Crippen LogP) is 15.6. The van der Waals surface area contributed by atoms with Crippen LogP contribution in [0.3, 0.4) is 0 Å². The van der Waals surface area contributed by atoms with E-state index in [1.807, 2.05) is 0 Å². The average Bonchev–Trinajstić information content (AvgIpc) is 3.23. The van der Waals surface area contributed by atoms with Crippen LogP contribution in [-0.2, 0) is 28.6 Å². The van der Waals surface area contributed by atoms with Crippen LogP contribution >= 0.6 is 0 Å². The molecule has 336 valence electrons. The molecule has 0 N–H and O–H groups in total. The van der Waals surface area contributed by atoms with Crippen molar-refractivity contribution in [1.29, 1.82) is 0 Å². The summed E-state index contributed by atoms with van der Waals surface area (Å²) in [5, 5.41) is 0. The third-order valence-electron chi connectivity index (χ3n) is 9.88. The lowest BCUT2D eigenvalue weighted by atomic mass is 10.1. The van der Waals surface area contributed by atoms with E-state index in [9.17, 15) is 14.4 Å². The first-order chi connectivity index (χ1) is 29.0. The Hall–Kier alpha value is -3.41. The normalized spacial score (nSPS) is 12.8. The Morgan fingerprint density at radius 3 is 1.14 bits per heavy atom. The fraction of sp³-hybridized carbons (Fsp3) is 0.679. The summed E-state index contributed by atoms with van der Waals surface area (Å²) in [5.74, 6) is -0.982. The molecule has 0 aromatic carbocycles. The van der Waals surface area contributed by atoms with Crippen LogP contribution in [0.2, 0.25) is 0 Å². The molecule has 0 rings (SSSR count). The van der Waals surface area contributed by atoms with Gasteiger partial charge in [0.1, 0.15) is 13.2 Å². The molecule has 0 aliphatic carbocycles. The zero-order valence-corrected chi connectivity index (χ0v) is 38.2. The zero-order chi connectivity index (χ0) is 43.0. The molecule has 0 bridgehead atoms. The lowest BCUT2D eigenvalue weighted by Crippen LogP contribution is -2.30. The van der Waals surface area contributed by atoms with Crippen LogP contribution in [0.1, 0.15) is 213 Å². The van der Waals surface area contributed by atoms with Crippen LogP contribution in [0, 0.1) is 0 Å². The van der Waals surface area contributed by atoms with Crippen LogP contribution in [-0.4, -0.2) is 37.2 Å². The van der Waals surface area contributed by atoms with E-state index in [0.29, 0.717) is 19.3 Å². The molecule has 6 heteroatoms. The predicted molar refractivity (Wildman–Crippen MR) is 251 cm³/mol. The molecule has 59 heavy (non-hydrogen) atoms. The molecule has 0 saturated carbocycles. The first kappa shape index (κ1) is 55.6. The van der Waals surface area contributed by atoms with Gasteiger partial charge in [-0.05, 0) is 89.9 Å². The first-order valence-electron chi connectivity index (χ1n) is 24.1. The van der Waals surface area contributed by atoms with Crippen LogP contribution in [0.25, 0.3) is 0 Å². The second-order valence-corrected chi connectivity index (χ2v) is 15.6. The molecule has 1 unspecified atom stereocenters. The molecule has 0 amide bonds. The van der Waals surface area contributed by atoms with Crippen molar-refractivity contribution in [3.05, 3.63) is 85.1 Å². The van der Waals surface area contributed by atoms with Gasteiger partial charge in [-0.3, -0.25) is 14.4 Å². The third-order valence-corrected chi connectivity index (χ3v) is 9.88. The van der Waals surface area contributed by atoms with Crippen LogP contribution in [0.5, 0.6) is 0 Å². The van der Waals surface area contributed by atoms with Crippen molar-refractivity contribution in [2.75, 3.05) is 13.2 Å². The maximum Gasteiger partial charge on any atom is 0.306 e. The molecular weight excluding hydrogens is 733 g/mol. The van der Waals surface area contributed by atoms with Gasteiger partial charge in [0, 0.05) is 19.3 Å². The topological polar surface area (TPSA) is 78.9 Å². The minimum absolute atomic E-state index is 0.0997. The molecular formula is C53H88O6. The van der Waals surface area contributed by atoms with E-state index in [2.05, 4.69) is 106 Å². The molecule has 6 nitrogen and oxygen atoms in total. The molecule has 0 aromatic heterocycles. The lowest BCUT2D eigenvalue weighted by Gasteiger charge is -2.18. The third kappa shape index (κ3) is 45.5. The first-order valence-corrected chi connectivity index (χ1v) is 24.1. The molecule has 0 saturated heterocycles. The zero-order valence-electron chi connectivity index (χ0n) is 38.2. The molecule has 0 aliphatic heterocycles. The summed E-state index contributed by atoms with van der Waals surface area (Å²) in [7, 11) is 0. The van der Waals surface area contributed by atoms with Gasteiger partial charge in [-0.2, -0.15) is 0 Å². The van der Waals surface area contributed by atoms with Gasteiger partial charge in [0.15, 0.2) is 6.10 Å². The maximum absolute atomic E-state index is 12.7. The van der Waals surface area contributed by atoms with Gasteiger partial charge in [-0.25, -0.2) is 0 Å². The monoisotopic (exact) mass is 821 g/mol. The van der Waals surface area contributed by atoms with Crippen molar-refractivity contribution < 1.29 is 28.6 Å². The van der Waals surface area contributed by atoms with Crippen LogP contribution < -0.4 is 0 Å². The lowest BCUT2D eigenvalue weighted by molar-refractivity contribution is -0.167. The highest BCUT2D eigenvalue weighted by atomic mass is 16.6.